The quantitative estimate of drug-likeness (QED) is 0.725. The Morgan fingerprint density at radius 1 is 1.23 bits per heavy atom. The van der Waals surface area contributed by atoms with Crippen molar-refractivity contribution in [3.05, 3.63) is 0 Å². The van der Waals surface area contributed by atoms with Crippen LogP contribution in [0.3, 0.4) is 0 Å². The molecule has 0 aliphatic heterocycles. The Labute approximate surface area is 81.9 Å². The molecule has 1 aliphatic carbocycles. The highest BCUT2D eigenvalue weighted by molar-refractivity contribution is 4.74. The van der Waals surface area contributed by atoms with Crippen molar-refractivity contribution in [2.75, 3.05) is 13.6 Å². The van der Waals surface area contributed by atoms with E-state index in [0.29, 0.717) is 6.04 Å². The largest absolute Gasteiger partial charge is 0.393 e. The molecule has 1 fully saturated rings. The maximum atomic E-state index is 9.36. The molecule has 2 heteroatoms. The molecule has 0 amide bonds. The third-order valence-corrected chi connectivity index (χ3v) is 3.24. The first-order valence-corrected chi connectivity index (χ1v) is 5.48. The second kappa shape index (κ2) is 4.97. The van der Waals surface area contributed by atoms with E-state index in [-0.39, 0.29) is 6.10 Å². The third kappa shape index (κ3) is 3.65. The number of hydrogen-bond acceptors (Lipinski definition) is 2. The van der Waals surface area contributed by atoms with E-state index >= 15 is 0 Å². The van der Waals surface area contributed by atoms with E-state index in [0.717, 1.165) is 18.8 Å². The first-order chi connectivity index (χ1) is 6.09. The normalized spacial score (nSPS) is 30.0. The smallest absolute Gasteiger partial charge is 0.0540 e. The van der Waals surface area contributed by atoms with Crippen molar-refractivity contribution in [1.82, 2.24) is 4.90 Å². The van der Waals surface area contributed by atoms with Gasteiger partial charge in [0, 0.05) is 12.6 Å². The van der Waals surface area contributed by atoms with Crippen LogP contribution in [-0.4, -0.2) is 35.7 Å². The van der Waals surface area contributed by atoms with Gasteiger partial charge in [0.15, 0.2) is 0 Å². The Morgan fingerprint density at radius 2 is 1.77 bits per heavy atom. The lowest BCUT2D eigenvalue weighted by Crippen LogP contribution is -2.33. The molecule has 0 aromatic rings. The van der Waals surface area contributed by atoms with E-state index in [9.17, 15) is 5.11 Å². The van der Waals surface area contributed by atoms with Crippen LogP contribution in [0.5, 0.6) is 0 Å². The molecule has 0 unspecified atom stereocenters. The topological polar surface area (TPSA) is 23.5 Å². The van der Waals surface area contributed by atoms with Crippen molar-refractivity contribution < 1.29 is 5.11 Å². The summed E-state index contributed by atoms with van der Waals surface area (Å²) in [6.45, 7) is 5.67. The van der Waals surface area contributed by atoms with Crippen LogP contribution in [0.1, 0.15) is 39.5 Å². The molecule has 0 aromatic heterocycles. The number of hydrogen-bond donors (Lipinski definition) is 1. The van der Waals surface area contributed by atoms with Crippen LogP contribution < -0.4 is 0 Å². The van der Waals surface area contributed by atoms with Gasteiger partial charge >= 0.3 is 0 Å². The fraction of sp³-hybridized carbons (Fsp3) is 1.00. The Morgan fingerprint density at radius 3 is 2.23 bits per heavy atom. The van der Waals surface area contributed by atoms with Crippen LogP contribution in [0.25, 0.3) is 0 Å². The van der Waals surface area contributed by atoms with Gasteiger partial charge in [-0.15, -0.1) is 0 Å². The number of aliphatic hydroxyl groups excluding tert-OH is 1. The Balaban J connectivity index is 2.22. The molecular formula is C11H23NO. The maximum absolute atomic E-state index is 9.36. The molecule has 0 radical (unpaired) electrons. The highest BCUT2D eigenvalue weighted by atomic mass is 16.3. The summed E-state index contributed by atoms with van der Waals surface area (Å²) < 4.78 is 0. The lowest BCUT2D eigenvalue weighted by molar-refractivity contribution is 0.0935. The number of nitrogens with zero attached hydrogens (tertiary/aromatic N) is 1. The molecular weight excluding hydrogens is 162 g/mol. The first kappa shape index (κ1) is 11.0. The summed E-state index contributed by atoms with van der Waals surface area (Å²) in [4.78, 5) is 2.41. The van der Waals surface area contributed by atoms with E-state index in [1.807, 2.05) is 0 Å². The molecule has 1 saturated carbocycles. The second-order valence-electron chi connectivity index (χ2n) is 4.71. The Bertz CT molecular complexity index is 139. The molecule has 0 bridgehead atoms. The molecule has 1 rings (SSSR count). The average Bonchev–Trinajstić information content (AvgIpc) is 2.08. The summed E-state index contributed by atoms with van der Waals surface area (Å²) in [7, 11) is 2.19. The predicted molar refractivity (Wildman–Crippen MR) is 55.7 cm³/mol. The van der Waals surface area contributed by atoms with Crippen LogP contribution in [0.2, 0.25) is 0 Å². The Hall–Kier alpha value is -0.0800. The summed E-state index contributed by atoms with van der Waals surface area (Å²) in [5, 5.41) is 9.36. The molecule has 78 valence electrons. The van der Waals surface area contributed by atoms with Gasteiger partial charge in [-0.05, 0) is 52.5 Å². The predicted octanol–water partition coefficient (Wildman–Crippen LogP) is 1.88. The third-order valence-electron chi connectivity index (χ3n) is 3.24. The van der Waals surface area contributed by atoms with E-state index in [1.54, 1.807) is 0 Å². The average molecular weight is 185 g/mol. The monoisotopic (exact) mass is 185 g/mol. The zero-order chi connectivity index (χ0) is 9.84. The van der Waals surface area contributed by atoms with E-state index in [2.05, 4.69) is 25.8 Å². The van der Waals surface area contributed by atoms with Gasteiger partial charge in [-0.3, -0.25) is 0 Å². The van der Waals surface area contributed by atoms with Crippen LogP contribution in [0.15, 0.2) is 0 Å². The van der Waals surface area contributed by atoms with Crippen LogP contribution in [0, 0.1) is 5.92 Å². The maximum Gasteiger partial charge on any atom is 0.0540 e. The standard InChI is InChI=1S/C11H23NO/c1-9(2)12(3)8-10-4-6-11(13)7-5-10/h9-11,13H,4-8H2,1-3H3. The van der Waals surface area contributed by atoms with Gasteiger partial charge in [-0.25, -0.2) is 0 Å². The summed E-state index contributed by atoms with van der Waals surface area (Å²) in [6.07, 6.45) is 4.42. The van der Waals surface area contributed by atoms with Crippen LogP contribution >= 0.6 is 0 Å². The van der Waals surface area contributed by atoms with Crippen molar-refractivity contribution in [1.29, 1.82) is 0 Å². The molecule has 1 aliphatic rings. The molecule has 0 atom stereocenters. The van der Waals surface area contributed by atoms with Crippen LogP contribution in [-0.2, 0) is 0 Å². The minimum Gasteiger partial charge on any atom is -0.393 e. The van der Waals surface area contributed by atoms with Gasteiger partial charge in [-0.1, -0.05) is 0 Å². The fourth-order valence-electron chi connectivity index (χ4n) is 1.95. The second-order valence-corrected chi connectivity index (χ2v) is 4.71. The molecule has 2 nitrogen and oxygen atoms in total. The minimum atomic E-state index is -0.0133. The molecule has 0 aromatic carbocycles. The molecule has 0 spiro atoms. The van der Waals surface area contributed by atoms with Gasteiger partial charge in [0.25, 0.3) is 0 Å². The van der Waals surface area contributed by atoms with E-state index in [1.165, 1.54) is 19.4 Å². The molecule has 13 heavy (non-hydrogen) atoms. The minimum absolute atomic E-state index is 0.0133. The van der Waals surface area contributed by atoms with Gasteiger partial charge in [0.05, 0.1) is 6.10 Å². The highest BCUT2D eigenvalue weighted by Gasteiger charge is 2.20. The van der Waals surface area contributed by atoms with Crippen molar-refractivity contribution in [3.8, 4) is 0 Å². The van der Waals surface area contributed by atoms with Crippen LogP contribution in [0.4, 0.5) is 0 Å². The Kier molecular flexibility index (Phi) is 4.20. The van der Waals surface area contributed by atoms with Crippen molar-refractivity contribution in [2.24, 2.45) is 5.92 Å². The SMILES string of the molecule is CC(C)N(C)CC1CCC(O)CC1. The summed E-state index contributed by atoms with van der Waals surface area (Å²) in [6, 6.07) is 0.645. The van der Waals surface area contributed by atoms with E-state index in [4.69, 9.17) is 0 Å². The summed E-state index contributed by atoms with van der Waals surface area (Å²) in [5.41, 5.74) is 0. The number of rotatable bonds is 3. The summed E-state index contributed by atoms with van der Waals surface area (Å²) in [5.74, 6) is 0.816. The fourth-order valence-corrected chi connectivity index (χ4v) is 1.95. The van der Waals surface area contributed by atoms with Gasteiger partial charge in [-0.2, -0.15) is 0 Å². The van der Waals surface area contributed by atoms with Crippen molar-refractivity contribution in [2.45, 2.75) is 51.7 Å². The molecule has 0 heterocycles. The summed E-state index contributed by atoms with van der Waals surface area (Å²) >= 11 is 0. The van der Waals surface area contributed by atoms with Gasteiger partial charge in [0.1, 0.15) is 0 Å². The van der Waals surface area contributed by atoms with E-state index < -0.39 is 0 Å². The zero-order valence-corrected chi connectivity index (χ0v) is 9.16. The number of aliphatic hydroxyl groups is 1. The molecule has 0 saturated heterocycles. The van der Waals surface area contributed by atoms with Gasteiger partial charge < -0.3 is 10.0 Å². The lowest BCUT2D eigenvalue weighted by Gasteiger charge is -2.31. The van der Waals surface area contributed by atoms with Crippen molar-refractivity contribution >= 4 is 0 Å². The highest BCUT2D eigenvalue weighted by Crippen LogP contribution is 2.24. The lowest BCUT2D eigenvalue weighted by atomic mass is 9.87. The van der Waals surface area contributed by atoms with Gasteiger partial charge in [0.2, 0.25) is 0 Å². The molecule has 1 N–H and O–H groups in total. The van der Waals surface area contributed by atoms with Crippen molar-refractivity contribution in [3.63, 3.8) is 0 Å². The first-order valence-electron chi connectivity index (χ1n) is 5.48. The zero-order valence-electron chi connectivity index (χ0n) is 9.16.